The molecule has 2 atom stereocenters. The predicted molar refractivity (Wildman–Crippen MR) is 141 cm³/mol. The number of aromatic nitrogens is 1. The van der Waals surface area contributed by atoms with E-state index < -0.39 is 20.0 Å². The Morgan fingerprint density at radius 1 is 0.800 bits per heavy atom. The molecule has 0 aliphatic carbocycles. The van der Waals surface area contributed by atoms with Crippen molar-refractivity contribution >= 4 is 128 Å². The van der Waals surface area contributed by atoms with Crippen LogP contribution in [0.3, 0.4) is 0 Å². The smallest absolute Gasteiger partial charge is 0.234 e. The first-order valence-corrected chi connectivity index (χ1v) is 12.0. The number of thiocarbonyl (C=S) groups is 2. The molecule has 0 amide bonds. The Labute approximate surface area is 227 Å². The number of hydrogen-bond acceptors (Lipinski definition) is 5. The van der Waals surface area contributed by atoms with Gasteiger partial charge in [-0.3, -0.25) is 4.98 Å². The first kappa shape index (κ1) is 29.3. The largest absolute Gasteiger partial charge is 0.352 e. The molecule has 2 aliphatic heterocycles. The summed E-state index contributed by atoms with van der Waals surface area (Å²) in [6, 6.07) is 5.72. The van der Waals surface area contributed by atoms with Crippen molar-refractivity contribution in [2.75, 3.05) is 26.3 Å². The molecule has 1 aromatic heterocycles. The van der Waals surface area contributed by atoms with Crippen molar-refractivity contribution in [2.45, 2.75) is 20.0 Å². The van der Waals surface area contributed by atoms with Gasteiger partial charge in [0.1, 0.15) is 8.64 Å². The number of rotatable bonds is 0. The molecule has 0 spiro atoms. The Balaban J connectivity index is 0.000000237. The summed E-state index contributed by atoms with van der Waals surface area (Å²) in [5, 5.41) is 0. The topological polar surface area (TPSA) is 37.8 Å². The highest BCUT2D eigenvalue weighted by Crippen LogP contribution is 2.37. The third kappa shape index (κ3) is 10.5. The zero-order chi connectivity index (χ0) is 22.9. The molecule has 0 N–H and O–H groups in total. The highest BCUT2D eigenvalue weighted by molar-refractivity contribution is 8.11. The van der Waals surface area contributed by atoms with Gasteiger partial charge in [0, 0.05) is 25.5 Å². The summed E-state index contributed by atoms with van der Waals surface area (Å²) in [5.74, 6) is 0. The molecule has 0 aromatic carbocycles. The summed E-state index contributed by atoms with van der Waals surface area (Å²) < 4.78 is 8.16. The van der Waals surface area contributed by atoms with Crippen LogP contribution in [0.15, 0.2) is 30.6 Å². The van der Waals surface area contributed by atoms with Crippen LogP contribution in [0.1, 0.15) is 0 Å². The van der Waals surface area contributed by atoms with Crippen LogP contribution in [0.5, 0.6) is 0 Å². The molecule has 170 valence electrons. The molecule has 2 saturated heterocycles. The zero-order valence-corrected chi connectivity index (χ0v) is 23.0. The normalized spacial score (nSPS) is 21.3. The fourth-order valence-electron chi connectivity index (χ4n) is 2.19. The second kappa shape index (κ2) is 13.9. The van der Waals surface area contributed by atoms with Crippen molar-refractivity contribution < 1.29 is 9.47 Å². The average molecular weight is 612 g/mol. The fraction of sp³-hybridized carbons (Fsp3) is 0.533. The van der Waals surface area contributed by atoms with Gasteiger partial charge in [-0.25, -0.2) is 0 Å². The SMILES string of the molecule is S=C(S)N1CCOC1C(Cl)(Cl)Cl.S=C(S)N1CCOC1C(Cl)(Cl)Cl.c1ccncc1. The van der Waals surface area contributed by atoms with Crippen LogP contribution in [-0.2, 0) is 9.47 Å². The number of alkyl halides is 6. The first-order chi connectivity index (χ1) is 13.9. The van der Waals surface area contributed by atoms with Crippen molar-refractivity contribution in [2.24, 2.45) is 0 Å². The zero-order valence-electron chi connectivity index (χ0n) is 15.0. The summed E-state index contributed by atoms with van der Waals surface area (Å²) >= 11 is 51.5. The van der Waals surface area contributed by atoms with Crippen LogP contribution >= 0.6 is 119 Å². The summed E-state index contributed by atoms with van der Waals surface area (Å²) in [6.07, 6.45) is 2.26. The van der Waals surface area contributed by atoms with E-state index in [0.717, 1.165) is 0 Å². The van der Waals surface area contributed by atoms with Crippen LogP contribution in [0.2, 0.25) is 0 Å². The van der Waals surface area contributed by atoms with Crippen LogP contribution in [0.25, 0.3) is 0 Å². The second-order valence-corrected chi connectivity index (χ2v) is 12.5. The van der Waals surface area contributed by atoms with Crippen molar-refractivity contribution in [3.8, 4) is 0 Å². The van der Waals surface area contributed by atoms with E-state index in [-0.39, 0.29) is 0 Å². The molecule has 2 aliphatic rings. The maximum atomic E-state index is 5.65. The summed E-state index contributed by atoms with van der Waals surface area (Å²) in [5.41, 5.74) is 0. The Kier molecular flexibility index (Phi) is 13.6. The van der Waals surface area contributed by atoms with Gasteiger partial charge in [0.25, 0.3) is 0 Å². The lowest BCUT2D eigenvalue weighted by Gasteiger charge is -2.28. The monoisotopic (exact) mass is 609 g/mol. The van der Waals surface area contributed by atoms with E-state index in [4.69, 9.17) is 104 Å². The average Bonchev–Trinajstić information content (AvgIpc) is 3.33. The molecule has 2 unspecified atom stereocenters. The maximum absolute atomic E-state index is 5.65. The van der Waals surface area contributed by atoms with Gasteiger partial charge in [0.05, 0.1) is 13.2 Å². The molecule has 1 aromatic rings. The van der Waals surface area contributed by atoms with Crippen molar-refractivity contribution in [3.63, 3.8) is 0 Å². The molecular weight excluding hydrogens is 595 g/mol. The minimum absolute atomic E-state index is 0.379. The molecule has 30 heavy (non-hydrogen) atoms. The summed E-state index contributed by atoms with van der Waals surface area (Å²) in [4.78, 5) is 7.05. The minimum atomic E-state index is -1.48. The van der Waals surface area contributed by atoms with Gasteiger partial charge < -0.3 is 19.3 Å². The maximum Gasteiger partial charge on any atom is 0.234 e. The Morgan fingerprint density at radius 2 is 1.17 bits per heavy atom. The van der Waals surface area contributed by atoms with Crippen LogP contribution in [0.4, 0.5) is 0 Å². The van der Waals surface area contributed by atoms with E-state index in [1.54, 1.807) is 22.2 Å². The predicted octanol–water partition coefficient (Wildman–Crippen LogP) is 5.54. The van der Waals surface area contributed by atoms with E-state index in [0.29, 0.717) is 34.9 Å². The molecule has 5 nitrogen and oxygen atoms in total. The molecule has 0 bridgehead atoms. The number of ether oxygens (including phenoxy) is 2. The van der Waals surface area contributed by atoms with Gasteiger partial charge in [-0.2, -0.15) is 0 Å². The lowest BCUT2D eigenvalue weighted by Crippen LogP contribution is -2.41. The fourth-order valence-corrected chi connectivity index (χ4v) is 4.06. The van der Waals surface area contributed by atoms with E-state index in [1.165, 1.54) is 0 Å². The van der Waals surface area contributed by atoms with E-state index >= 15 is 0 Å². The Bertz CT molecular complexity index is 612. The van der Waals surface area contributed by atoms with Gasteiger partial charge in [-0.1, -0.05) is 100 Å². The van der Waals surface area contributed by atoms with Gasteiger partial charge in [-0.15, -0.1) is 25.3 Å². The van der Waals surface area contributed by atoms with Crippen LogP contribution in [-0.4, -0.2) is 69.8 Å². The Hall–Kier alpha value is 1.29. The van der Waals surface area contributed by atoms with E-state index in [9.17, 15) is 0 Å². The van der Waals surface area contributed by atoms with Gasteiger partial charge in [-0.05, 0) is 12.1 Å². The van der Waals surface area contributed by atoms with Gasteiger partial charge in [0.15, 0.2) is 12.5 Å². The second-order valence-electron chi connectivity index (χ2n) is 5.51. The minimum Gasteiger partial charge on any atom is -0.352 e. The number of thiol groups is 2. The molecule has 0 saturated carbocycles. The first-order valence-electron chi connectivity index (χ1n) is 8.06. The van der Waals surface area contributed by atoms with Crippen LogP contribution < -0.4 is 0 Å². The van der Waals surface area contributed by atoms with E-state index in [1.807, 2.05) is 18.2 Å². The van der Waals surface area contributed by atoms with Gasteiger partial charge >= 0.3 is 0 Å². The van der Waals surface area contributed by atoms with Crippen molar-refractivity contribution in [1.29, 1.82) is 0 Å². The number of nitrogens with zero attached hydrogens (tertiary/aromatic N) is 3. The van der Waals surface area contributed by atoms with Crippen LogP contribution in [0, 0.1) is 0 Å². The lowest BCUT2D eigenvalue weighted by molar-refractivity contribution is 0.0691. The standard InChI is InChI=1S/2C5H6Cl3NOS2.C5H5N/c2*6-5(7,8)3-9(4(11)12)1-2-10-3;1-2-4-6-5-3-1/h2*3H,1-2H2,(H,11,12);1-5H. The third-order valence-electron chi connectivity index (χ3n) is 3.40. The molecule has 15 heteroatoms. The molecular formula is C15H17Cl6N3O2S4. The number of pyridine rings is 1. The van der Waals surface area contributed by atoms with Crippen molar-refractivity contribution in [1.82, 2.24) is 14.8 Å². The Morgan fingerprint density at radius 3 is 1.33 bits per heavy atom. The summed E-state index contributed by atoms with van der Waals surface area (Å²) in [6.45, 7) is 2.22. The third-order valence-corrected chi connectivity index (χ3v) is 5.50. The summed E-state index contributed by atoms with van der Waals surface area (Å²) in [7, 11) is 0. The van der Waals surface area contributed by atoms with E-state index in [2.05, 4.69) is 30.2 Å². The number of hydrogen-bond donors (Lipinski definition) is 2. The molecule has 3 rings (SSSR count). The molecule has 0 radical (unpaired) electrons. The van der Waals surface area contributed by atoms with Crippen molar-refractivity contribution in [3.05, 3.63) is 30.6 Å². The van der Waals surface area contributed by atoms with Gasteiger partial charge in [0.2, 0.25) is 7.59 Å². The quantitative estimate of drug-likeness (QED) is 0.227. The highest BCUT2D eigenvalue weighted by atomic mass is 35.6. The molecule has 3 heterocycles. The molecule has 2 fully saturated rings. The lowest BCUT2D eigenvalue weighted by atomic mass is 10.5. The highest BCUT2D eigenvalue weighted by Gasteiger charge is 2.43. The number of halogens is 6.